The molecule has 3 aromatic heterocycles. The molecule has 0 N–H and O–H groups in total. The van der Waals surface area contributed by atoms with Crippen LogP contribution in [-0.2, 0) is 0 Å². The number of hydrogen-bond acceptors (Lipinski definition) is 3. The SMILES string of the molecule is c1ccc(-c2ccc(-c3ccccc3N(c3cc(-c4cccc5c4oc4ccccc45)cc(-c4cccc5c4oc4ccccc45)c3)c3ccc4c5ccccc5n(-c5ccccc5)c4c3)cc2)cc1. The molecule has 11 aromatic carbocycles. The van der Waals surface area contributed by atoms with Gasteiger partial charge < -0.3 is 18.3 Å². The lowest BCUT2D eigenvalue weighted by molar-refractivity contribution is 0.670. The molecule has 0 aliphatic heterocycles. The standard InChI is InChI=1S/C66H42N2O2/c1-3-17-43(18-4-1)44-33-35-45(36-34-44)51-21-7-11-29-60(51)67(49-37-38-55-54-22-8-12-30-61(54)68(62(55)42-49)48-19-5-2-6-20-48)50-40-46(52-25-15-27-58-56-23-9-13-31-63(56)69-65(52)58)39-47(41-50)53-26-16-28-59-57-24-10-14-32-64(57)70-66(53)59/h1-42H. The molecule has 0 aliphatic carbocycles. The third-order valence-electron chi connectivity index (χ3n) is 14.0. The van der Waals surface area contributed by atoms with Crippen LogP contribution < -0.4 is 4.90 Å². The van der Waals surface area contributed by atoms with Crippen LogP contribution >= 0.6 is 0 Å². The van der Waals surface area contributed by atoms with Gasteiger partial charge in [-0.3, -0.25) is 0 Å². The highest BCUT2D eigenvalue weighted by molar-refractivity contribution is 6.13. The van der Waals surface area contributed by atoms with Crippen LogP contribution in [0.5, 0.6) is 0 Å². The molecule has 0 saturated carbocycles. The molecule has 14 aromatic rings. The van der Waals surface area contributed by atoms with Crippen molar-refractivity contribution in [1.82, 2.24) is 4.57 Å². The lowest BCUT2D eigenvalue weighted by Crippen LogP contribution is -2.12. The first kappa shape index (κ1) is 39.8. The van der Waals surface area contributed by atoms with Crippen LogP contribution in [-0.4, -0.2) is 4.57 Å². The second kappa shape index (κ2) is 16.2. The van der Waals surface area contributed by atoms with E-state index in [1.165, 1.54) is 21.9 Å². The van der Waals surface area contributed by atoms with Gasteiger partial charge in [0.15, 0.2) is 0 Å². The van der Waals surface area contributed by atoms with E-state index in [-0.39, 0.29) is 0 Å². The smallest absolute Gasteiger partial charge is 0.143 e. The highest BCUT2D eigenvalue weighted by Gasteiger charge is 2.24. The third kappa shape index (κ3) is 6.46. The number of fused-ring (bicyclic) bond motifs is 9. The molecule has 328 valence electrons. The summed E-state index contributed by atoms with van der Waals surface area (Å²) in [5.41, 5.74) is 18.6. The van der Waals surface area contributed by atoms with E-state index in [0.29, 0.717) is 0 Å². The van der Waals surface area contributed by atoms with Gasteiger partial charge in [-0.1, -0.05) is 188 Å². The van der Waals surface area contributed by atoms with Gasteiger partial charge in [-0.25, -0.2) is 0 Å². The summed E-state index contributed by atoms with van der Waals surface area (Å²) < 4.78 is 16.0. The van der Waals surface area contributed by atoms with Gasteiger partial charge in [0, 0.05) is 66.1 Å². The number of para-hydroxylation sites is 7. The fourth-order valence-electron chi connectivity index (χ4n) is 10.8. The molecule has 0 amide bonds. The normalized spacial score (nSPS) is 11.7. The van der Waals surface area contributed by atoms with Crippen molar-refractivity contribution in [1.29, 1.82) is 0 Å². The number of furan rings is 2. The Bertz CT molecular complexity index is 4160. The van der Waals surface area contributed by atoms with Crippen LogP contribution in [0.3, 0.4) is 0 Å². The van der Waals surface area contributed by atoms with E-state index >= 15 is 0 Å². The first-order valence-corrected chi connectivity index (χ1v) is 23.8. The minimum absolute atomic E-state index is 0.855. The first-order chi connectivity index (χ1) is 34.7. The maximum Gasteiger partial charge on any atom is 0.143 e. The Morgan fingerprint density at radius 1 is 0.286 bits per heavy atom. The van der Waals surface area contributed by atoms with E-state index < -0.39 is 0 Å². The van der Waals surface area contributed by atoms with Gasteiger partial charge in [0.2, 0.25) is 0 Å². The second-order valence-electron chi connectivity index (χ2n) is 18.0. The number of hydrogen-bond donors (Lipinski definition) is 0. The summed E-state index contributed by atoms with van der Waals surface area (Å²) in [6.45, 7) is 0. The molecule has 14 rings (SSSR count). The summed E-state index contributed by atoms with van der Waals surface area (Å²) in [5, 5.41) is 6.76. The summed E-state index contributed by atoms with van der Waals surface area (Å²) in [5.74, 6) is 0. The number of rotatable bonds is 8. The minimum atomic E-state index is 0.855. The maximum absolute atomic E-state index is 6.78. The van der Waals surface area contributed by atoms with E-state index in [4.69, 9.17) is 8.83 Å². The summed E-state index contributed by atoms with van der Waals surface area (Å²) in [6.07, 6.45) is 0. The van der Waals surface area contributed by atoms with Crippen molar-refractivity contribution in [3.63, 3.8) is 0 Å². The van der Waals surface area contributed by atoms with Gasteiger partial charge in [0.05, 0.1) is 16.7 Å². The Kier molecular flexibility index (Phi) is 9.17. The van der Waals surface area contributed by atoms with Gasteiger partial charge in [0.1, 0.15) is 22.3 Å². The average Bonchev–Trinajstić information content (AvgIpc) is 4.11. The van der Waals surface area contributed by atoms with Gasteiger partial charge in [-0.05, 0) is 94.5 Å². The van der Waals surface area contributed by atoms with Crippen molar-refractivity contribution in [3.8, 4) is 50.2 Å². The van der Waals surface area contributed by atoms with Crippen molar-refractivity contribution >= 4 is 82.7 Å². The summed E-state index contributed by atoms with van der Waals surface area (Å²) in [6, 6.07) is 91.3. The highest BCUT2D eigenvalue weighted by atomic mass is 16.3. The van der Waals surface area contributed by atoms with E-state index in [1.807, 2.05) is 12.1 Å². The molecule has 0 fully saturated rings. The zero-order valence-corrected chi connectivity index (χ0v) is 38.0. The molecular formula is C66H42N2O2. The third-order valence-corrected chi connectivity index (χ3v) is 14.0. The molecule has 4 nitrogen and oxygen atoms in total. The molecule has 0 saturated heterocycles. The zero-order valence-electron chi connectivity index (χ0n) is 38.0. The largest absolute Gasteiger partial charge is 0.455 e. The van der Waals surface area contributed by atoms with Crippen molar-refractivity contribution in [2.75, 3.05) is 4.90 Å². The minimum Gasteiger partial charge on any atom is -0.455 e. The Morgan fingerprint density at radius 2 is 0.786 bits per heavy atom. The van der Waals surface area contributed by atoms with Gasteiger partial charge in [-0.2, -0.15) is 0 Å². The second-order valence-corrected chi connectivity index (χ2v) is 18.0. The lowest BCUT2D eigenvalue weighted by atomic mass is 9.94. The summed E-state index contributed by atoms with van der Waals surface area (Å²) >= 11 is 0. The predicted molar refractivity (Wildman–Crippen MR) is 292 cm³/mol. The Labute approximate surface area is 404 Å². The lowest BCUT2D eigenvalue weighted by Gasteiger charge is -2.29. The van der Waals surface area contributed by atoms with Crippen molar-refractivity contribution in [3.05, 3.63) is 255 Å². The Morgan fingerprint density at radius 3 is 1.46 bits per heavy atom. The van der Waals surface area contributed by atoms with Crippen molar-refractivity contribution in [2.24, 2.45) is 0 Å². The highest BCUT2D eigenvalue weighted by Crippen LogP contribution is 2.48. The van der Waals surface area contributed by atoms with Gasteiger partial charge in [-0.15, -0.1) is 0 Å². The van der Waals surface area contributed by atoms with Crippen LogP contribution in [0.15, 0.2) is 264 Å². The van der Waals surface area contributed by atoms with Crippen LogP contribution in [0, 0.1) is 0 Å². The molecule has 0 aliphatic rings. The van der Waals surface area contributed by atoms with Crippen LogP contribution in [0.1, 0.15) is 0 Å². The molecule has 0 spiro atoms. The van der Waals surface area contributed by atoms with E-state index in [0.717, 1.165) is 111 Å². The average molecular weight is 895 g/mol. The first-order valence-electron chi connectivity index (χ1n) is 23.8. The van der Waals surface area contributed by atoms with Crippen molar-refractivity contribution in [2.45, 2.75) is 0 Å². The van der Waals surface area contributed by atoms with Gasteiger partial charge in [0.25, 0.3) is 0 Å². The zero-order chi connectivity index (χ0) is 46.1. The Balaban J connectivity index is 1.06. The summed E-state index contributed by atoms with van der Waals surface area (Å²) in [7, 11) is 0. The fraction of sp³-hybridized carbons (Fsp3) is 0. The number of benzene rings is 11. The maximum atomic E-state index is 6.78. The quantitative estimate of drug-likeness (QED) is 0.152. The fourth-order valence-corrected chi connectivity index (χ4v) is 10.8. The van der Waals surface area contributed by atoms with E-state index in [2.05, 4.69) is 252 Å². The molecule has 0 bridgehead atoms. The predicted octanol–water partition coefficient (Wildman–Crippen LogP) is 18.7. The van der Waals surface area contributed by atoms with E-state index in [1.54, 1.807) is 0 Å². The van der Waals surface area contributed by atoms with Crippen molar-refractivity contribution < 1.29 is 8.83 Å². The van der Waals surface area contributed by atoms with Crippen LogP contribution in [0.25, 0.3) is 116 Å². The number of anilines is 3. The van der Waals surface area contributed by atoms with E-state index in [9.17, 15) is 0 Å². The monoisotopic (exact) mass is 894 g/mol. The molecule has 0 radical (unpaired) electrons. The molecular weight excluding hydrogens is 853 g/mol. The van der Waals surface area contributed by atoms with Gasteiger partial charge >= 0.3 is 0 Å². The Hall–Kier alpha value is -9.38. The number of aromatic nitrogens is 1. The topological polar surface area (TPSA) is 34.5 Å². The molecule has 0 unspecified atom stereocenters. The molecule has 3 heterocycles. The number of nitrogens with zero attached hydrogens (tertiary/aromatic N) is 2. The van der Waals surface area contributed by atoms with Crippen LogP contribution in [0.2, 0.25) is 0 Å². The van der Waals surface area contributed by atoms with Crippen LogP contribution in [0.4, 0.5) is 17.1 Å². The molecule has 70 heavy (non-hydrogen) atoms. The molecule has 0 atom stereocenters. The summed E-state index contributed by atoms with van der Waals surface area (Å²) in [4.78, 5) is 2.44. The molecule has 4 heteroatoms.